The summed E-state index contributed by atoms with van der Waals surface area (Å²) in [5.41, 5.74) is 0.972. The van der Waals surface area contributed by atoms with Gasteiger partial charge in [0.15, 0.2) is 4.34 Å². The summed E-state index contributed by atoms with van der Waals surface area (Å²) in [4.78, 5) is 12.2. The van der Waals surface area contributed by atoms with Crippen molar-refractivity contribution in [3.63, 3.8) is 0 Å². The zero-order valence-electron chi connectivity index (χ0n) is 15.2. The Morgan fingerprint density at radius 1 is 1.11 bits per heavy atom. The highest BCUT2D eigenvalue weighted by molar-refractivity contribution is 8.01. The predicted molar refractivity (Wildman–Crippen MR) is 109 cm³/mol. The lowest BCUT2D eigenvalue weighted by molar-refractivity contribution is -0.119. The number of rotatable bonds is 7. The molecule has 5 nitrogen and oxygen atoms in total. The van der Waals surface area contributed by atoms with Crippen LogP contribution in [0.1, 0.15) is 50.5 Å². The minimum atomic E-state index is -0.244. The molecule has 1 heterocycles. The van der Waals surface area contributed by atoms with E-state index in [1.165, 1.54) is 67.3 Å². The molecular formula is C19H25FN4OS2. The Kier molecular flexibility index (Phi) is 7.89. The number of hydrogen-bond acceptors (Lipinski definition) is 6. The third kappa shape index (κ3) is 7.10. The molecule has 1 aliphatic rings. The van der Waals surface area contributed by atoms with Crippen LogP contribution in [0, 0.1) is 5.82 Å². The van der Waals surface area contributed by atoms with Crippen LogP contribution in [0.25, 0.3) is 0 Å². The van der Waals surface area contributed by atoms with Crippen molar-refractivity contribution in [2.75, 3.05) is 11.1 Å². The van der Waals surface area contributed by atoms with E-state index in [4.69, 9.17) is 0 Å². The van der Waals surface area contributed by atoms with Gasteiger partial charge in [-0.3, -0.25) is 4.79 Å². The molecule has 2 aromatic rings. The molecule has 146 valence electrons. The summed E-state index contributed by atoms with van der Waals surface area (Å²) in [6.45, 7) is 0.557. The first-order valence-electron chi connectivity index (χ1n) is 9.43. The smallest absolute Gasteiger partial charge is 0.230 e. The number of nitrogens with one attached hydrogen (secondary N) is 2. The van der Waals surface area contributed by atoms with Gasteiger partial charge in [0.2, 0.25) is 11.0 Å². The number of benzene rings is 1. The van der Waals surface area contributed by atoms with Crippen LogP contribution in [0.3, 0.4) is 0 Å². The lowest BCUT2D eigenvalue weighted by Crippen LogP contribution is -2.36. The molecule has 1 fully saturated rings. The van der Waals surface area contributed by atoms with E-state index in [9.17, 15) is 9.18 Å². The van der Waals surface area contributed by atoms with Gasteiger partial charge in [0.1, 0.15) is 5.82 Å². The summed E-state index contributed by atoms with van der Waals surface area (Å²) in [6, 6.07) is 6.67. The number of amides is 1. The van der Waals surface area contributed by atoms with Crippen LogP contribution >= 0.6 is 23.1 Å². The first kappa shape index (κ1) is 20.1. The lowest BCUT2D eigenvalue weighted by atomic mass is 9.97. The normalized spacial score (nSPS) is 15.7. The Labute approximate surface area is 167 Å². The third-order valence-corrected chi connectivity index (χ3v) is 6.57. The Bertz CT molecular complexity index is 715. The van der Waals surface area contributed by atoms with Gasteiger partial charge in [-0.25, -0.2) is 4.39 Å². The van der Waals surface area contributed by atoms with Crippen molar-refractivity contribution in [3.8, 4) is 0 Å². The second kappa shape index (κ2) is 10.6. The highest BCUT2D eigenvalue weighted by Crippen LogP contribution is 2.26. The van der Waals surface area contributed by atoms with Gasteiger partial charge < -0.3 is 10.6 Å². The summed E-state index contributed by atoms with van der Waals surface area (Å²) in [5.74, 6) is 0.191. The molecular weight excluding hydrogens is 383 g/mol. The standard InChI is InChI=1S/C19H25FN4OS2/c20-15-10-8-14(9-11-15)12-21-18-23-24-19(27-18)26-13-17(25)22-16-6-4-2-1-3-5-7-16/h8-11,16H,1-7,12-13H2,(H,21,23)(H,22,25). The largest absolute Gasteiger partial charge is 0.356 e. The summed E-state index contributed by atoms with van der Waals surface area (Å²) >= 11 is 2.84. The topological polar surface area (TPSA) is 66.9 Å². The zero-order valence-corrected chi connectivity index (χ0v) is 16.9. The zero-order chi connectivity index (χ0) is 18.9. The Morgan fingerprint density at radius 3 is 2.56 bits per heavy atom. The molecule has 27 heavy (non-hydrogen) atoms. The maximum absolute atomic E-state index is 12.9. The summed E-state index contributed by atoms with van der Waals surface area (Å²) < 4.78 is 13.7. The molecule has 1 amide bonds. The van der Waals surface area contributed by atoms with Crippen LogP contribution < -0.4 is 10.6 Å². The molecule has 8 heteroatoms. The van der Waals surface area contributed by atoms with Gasteiger partial charge in [-0.05, 0) is 30.5 Å². The minimum Gasteiger partial charge on any atom is -0.356 e. The predicted octanol–water partition coefficient (Wildman–Crippen LogP) is 4.61. The molecule has 0 saturated heterocycles. The van der Waals surface area contributed by atoms with Crippen molar-refractivity contribution in [1.29, 1.82) is 0 Å². The number of hydrogen-bond donors (Lipinski definition) is 2. The number of halogens is 1. The first-order valence-corrected chi connectivity index (χ1v) is 11.2. The lowest BCUT2D eigenvalue weighted by Gasteiger charge is -2.20. The molecule has 1 saturated carbocycles. The SMILES string of the molecule is O=C(CSc1nnc(NCc2ccc(F)cc2)s1)NC1CCCCCCC1. The molecule has 0 radical (unpaired) electrons. The van der Waals surface area contributed by atoms with Gasteiger partial charge in [0.25, 0.3) is 0 Å². The Balaban J connectivity index is 1.39. The van der Waals surface area contributed by atoms with E-state index in [1.54, 1.807) is 12.1 Å². The number of carbonyl (C=O) groups is 1. The maximum Gasteiger partial charge on any atom is 0.230 e. The third-order valence-electron chi connectivity index (χ3n) is 4.56. The first-order chi connectivity index (χ1) is 13.2. The number of aromatic nitrogens is 2. The molecule has 1 aliphatic carbocycles. The Morgan fingerprint density at radius 2 is 1.81 bits per heavy atom. The van der Waals surface area contributed by atoms with Gasteiger partial charge in [0.05, 0.1) is 5.75 Å². The van der Waals surface area contributed by atoms with Gasteiger partial charge >= 0.3 is 0 Å². The van der Waals surface area contributed by atoms with E-state index in [0.29, 0.717) is 23.5 Å². The number of nitrogens with zero attached hydrogens (tertiary/aromatic N) is 2. The molecule has 1 aromatic heterocycles. The van der Waals surface area contributed by atoms with E-state index >= 15 is 0 Å². The monoisotopic (exact) mass is 408 g/mol. The fraction of sp³-hybridized carbons (Fsp3) is 0.526. The minimum absolute atomic E-state index is 0.0709. The quantitative estimate of drug-likeness (QED) is 0.655. The molecule has 0 unspecified atom stereocenters. The molecule has 3 rings (SSSR count). The summed E-state index contributed by atoms with van der Waals surface area (Å²) in [5, 5.41) is 15.3. The fourth-order valence-electron chi connectivity index (χ4n) is 3.12. The van der Waals surface area contributed by atoms with Gasteiger partial charge in [-0.2, -0.15) is 0 Å². The second-order valence-corrected chi connectivity index (χ2v) is 8.95. The van der Waals surface area contributed by atoms with E-state index in [2.05, 4.69) is 20.8 Å². The van der Waals surface area contributed by atoms with Crippen molar-refractivity contribution in [1.82, 2.24) is 15.5 Å². The molecule has 0 atom stereocenters. The van der Waals surface area contributed by atoms with E-state index in [1.807, 2.05) is 0 Å². The van der Waals surface area contributed by atoms with E-state index in [-0.39, 0.29) is 11.7 Å². The average Bonchev–Trinajstić information content (AvgIpc) is 3.10. The van der Waals surface area contributed by atoms with E-state index in [0.717, 1.165) is 22.7 Å². The van der Waals surface area contributed by atoms with Gasteiger partial charge in [-0.1, -0.05) is 67.3 Å². The van der Waals surface area contributed by atoms with Crippen LogP contribution in [-0.4, -0.2) is 27.9 Å². The average molecular weight is 409 g/mol. The summed E-state index contributed by atoms with van der Waals surface area (Å²) in [7, 11) is 0. The number of carbonyl (C=O) groups excluding carboxylic acids is 1. The van der Waals surface area contributed by atoms with Gasteiger partial charge in [0, 0.05) is 12.6 Å². The van der Waals surface area contributed by atoms with Crippen molar-refractivity contribution in [3.05, 3.63) is 35.6 Å². The van der Waals surface area contributed by atoms with Crippen molar-refractivity contribution < 1.29 is 9.18 Å². The van der Waals surface area contributed by atoms with Gasteiger partial charge in [-0.15, -0.1) is 10.2 Å². The van der Waals surface area contributed by atoms with Crippen LogP contribution in [0.5, 0.6) is 0 Å². The van der Waals surface area contributed by atoms with Crippen LogP contribution in [-0.2, 0) is 11.3 Å². The number of thioether (sulfide) groups is 1. The highest BCUT2D eigenvalue weighted by Gasteiger charge is 2.15. The number of anilines is 1. The maximum atomic E-state index is 12.9. The fourth-order valence-corrected chi connectivity index (χ4v) is 4.68. The molecule has 1 aromatic carbocycles. The van der Waals surface area contributed by atoms with Crippen molar-refractivity contribution >= 4 is 34.1 Å². The van der Waals surface area contributed by atoms with Crippen LogP contribution in [0.4, 0.5) is 9.52 Å². The highest BCUT2D eigenvalue weighted by atomic mass is 32.2. The Hall–Kier alpha value is -1.67. The second-order valence-electron chi connectivity index (χ2n) is 6.75. The molecule has 0 bridgehead atoms. The van der Waals surface area contributed by atoms with E-state index < -0.39 is 0 Å². The molecule has 0 spiro atoms. The van der Waals surface area contributed by atoms with Crippen molar-refractivity contribution in [2.24, 2.45) is 0 Å². The molecule has 2 N–H and O–H groups in total. The van der Waals surface area contributed by atoms with Crippen LogP contribution in [0.15, 0.2) is 28.6 Å². The van der Waals surface area contributed by atoms with Crippen molar-refractivity contribution in [2.45, 2.75) is 61.9 Å². The summed E-state index contributed by atoms with van der Waals surface area (Å²) in [6.07, 6.45) is 8.47. The van der Waals surface area contributed by atoms with Crippen LogP contribution in [0.2, 0.25) is 0 Å². The molecule has 0 aliphatic heterocycles.